The van der Waals surface area contributed by atoms with Crippen LogP contribution in [0.5, 0.6) is 5.75 Å². The molecular formula is C19H25N3O3. The minimum atomic E-state index is -0.325. The van der Waals surface area contributed by atoms with Crippen LogP contribution in [0.3, 0.4) is 0 Å². The number of carbonyl (C=O) groups is 2. The lowest BCUT2D eigenvalue weighted by Gasteiger charge is -2.19. The van der Waals surface area contributed by atoms with E-state index >= 15 is 0 Å². The Morgan fingerprint density at radius 3 is 2.48 bits per heavy atom. The molecular weight excluding hydrogens is 318 g/mol. The smallest absolute Gasteiger partial charge is 0.271 e. The van der Waals surface area contributed by atoms with E-state index in [-0.39, 0.29) is 23.6 Å². The van der Waals surface area contributed by atoms with Crippen LogP contribution in [0.15, 0.2) is 36.4 Å². The van der Waals surface area contributed by atoms with Gasteiger partial charge in [0.1, 0.15) is 17.5 Å². The van der Waals surface area contributed by atoms with Crippen molar-refractivity contribution in [2.24, 2.45) is 0 Å². The van der Waals surface area contributed by atoms with Crippen molar-refractivity contribution in [2.45, 2.75) is 32.8 Å². The van der Waals surface area contributed by atoms with Crippen molar-refractivity contribution in [1.29, 1.82) is 0 Å². The van der Waals surface area contributed by atoms with Crippen LogP contribution in [0.25, 0.3) is 0 Å². The van der Waals surface area contributed by atoms with Crippen molar-refractivity contribution in [3.63, 3.8) is 0 Å². The molecule has 0 bridgehead atoms. The normalized spacial score (nSPS) is 11.6. The van der Waals surface area contributed by atoms with Crippen LogP contribution in [0, 0.1) is 0 Å². The Morgan fingerprint density at radius 2 is 1.88 bits per heavy atom. The average molecular weight is 343 g/mol. The zero-order chi connectivity index (χ0) is 18.2. The van der Waals surface area contributed by atoms with E-state index < -0.39 is 0 Å². The topological polar surface area (TPSA) is 83.2 Å². The summed E-state index contributed by atoms with van der Waals surface area (Å²) in [7, 11) is 1.54. The molecule has 0 saturated heterocycles. The zero-order valence-electron chi connectivity index (χ0n) is 14.9. The Hall–Kier alpha value is -2.76. The zero-order valence-corrected chi connectivity index (χ0v) is 14.9. The fourth-order valence-electron chi connectivity index (χ4n) is 2.58. The molecule has 2 aromatic rings. The summed E-state index contributed by atoms with van der Waals surface area (Å²) < 4.78 is 6.13. The van der Waals surface area contributed by atoms with Gasteiger partial charge >= 0.3 is 0 Å². The monoisotopic (exact) mass is 343 g/mol. The van der Waals surface area contributed by atoms with Crippen LogP contribution in [-0.4, -0.2) is 30.4 Å². The lowest BCUT2D eigenvalue weighted by molar-refractivity contribution is 0.0950. The highest BCUT2D eigenvalue weighted by molar-refractivity contribution is 5.99. The van der Waals surface area contributed by atoms with Gasteiger partial charge in [-0.05, 0) is 18.9 Å². The summed E-state index contributed by atoms with van der Waals surface area (Å²) in [6.45, 7) is 4.42. The van der Waals surface area contributed by atoms with E-state index in [1.54, 1.807) is 13.1 Å². The standard InChI is InChI=1S/C19H25N3O3/c1-4-9-15(13-10-7-6-8-11-13)25-16-12-14(18(23)21-5-2)22-17(16)19(24)20-3/h6-8,10-12,15,22H,4-5,9H2,1-3H3,(H,20,24)(H,21,23). The molecule has 1 heterocycles. The van der Waals surface area contributed by atoms with E-state index in [0.717, 1.165) is 18.4 Å². The van der Waals surface area contributed by atoms with Crippen LogP contribution in [0.1, 0.15) is 59.3 Å². The van der Waals surface area contributed by atoms with Crippen LogP contribution in [0.2, 0.25) is 0 Å². The Morgan fingerprint density at radius 1 is 1.16 bits per heavy atom. The first-order valence-corrected chi connectivity index (χ1v) is 8.55. The molecule has 0 fully saturated rings. The minimum absolute atomic E-state index is 0.188. The largest absolute Gasteiger partial charge is 0.483 e. The third-order valence-corrected chi connectivity index (χ3v) is 3.81. The second kappa shape index (κ2) is 8.92. The molecule has 3 N–H and O–H groups in total. The van der Waals surface area contributed by atoms with Gasteiger partial charge in [-0.25, -0.2) is 0 Å². The Labute approximate surface area is 148 Å². The number of benzene rings is 1. The third-order valence-electron chi connectivity index (χ3n) is 3.81. The van der Waals surface area contributed by atoms with Gasteiger partial charge in [-0.15, -0.1) is 0 Å². The van der Waals surface area contributed by atoms with Crippen molar-refractivity contribution in [1.82, 2.24) is 15.6 Å². The van der Waals surface area contributed by atoms with Crippen molar-refractivity contribution in [3.05, 3.63) is 53.3 Å². The van der Waals surface area contributed by atoms with Crippen LogP contribution < -0.4 is 15.4 Å². The van der Waals surface area contributed by atoms with Gasteiger partial charge in [0.2, 0.25) is 0 Å². The highest BCUT2D eigenvalue weighted by Crippen LogP contribution is 2.29. The Bertz CT molecular complexity index is 710. The van der Waals surface area contributed by atoms with E-state index in [1.165, 1.54) is 0 Å². The fraction of sp³-hybridized carbons (Fsp3) is 0.368. The summed E-state index contributed by atoms with van der Waals surface area (Å²) in [6.07, 6.45) is 1.55. The molecule has 0 saturated carbocycles. The van der Waals surface area contributed by atoms with E-state index in [4.69, 9.17) is 4.74 Å². The first-order valence-electron chi connectivity index (χ1n) is 8.55. The number of rotatable bonds is 8. The maximum Gasteiger partial charge on any atom is 0.271 e. The first kappa shape index (κ1) is 18.6. The predicted octanol–water partition coefficient (Wildman–Crippen LogP) is 3.04. The van der Waals surface area contributed by atoms with Crippen LogP contribution in [-0.2, 0) is 0 Å². The minimum Gasteiger partial charge on any atom is -0.483 e. The molecule has 25 heavy (non-hydrogen) atoms. The predicted molar refractivity (Wildman–Crippen MR) is 96.9 cm³/mol. The fourth-order valence-corrected chi connectivity index (χ4v) is 2.58. The molecule has 1 atom stereocenters. The number of aromatic amines is 1. The van der Waals surface area contributed by atoms with Gasteiger partial charge in [-0.3, -0.25) is 9.59 Å². The van der Waals surface area contributed by atoms with E-state index in [1.807, 2.05) is 37.3 Å². The molecule has 1 aromatic carbocycles. The number of H-pyrrole nitrogens is 1. The molecule has 0 radical (unpaired) electrons. The Kier molecular flexibility index (Phi) is 6.62. The highest BCUT2D eigenvalue weighted by atomic mass is 16.5. The van der Waals surface area contributed by atoms with Crippen molar-refractivity contribution < 1.29 is 14.3 Å². The summed E-state index contributed by atoms with van der Waals surface area (Å²) in [5.74, 6) is -0.217. The Balaban J connectivity index is 2.34. The molecule has 0 aliphatic rings. The van der Waals surface area contributed by atoms with Gasteiger partial charge in [-0.2, -0.15) is 0 Å². The van der Waals surface area contributed by atoms with Gasteiger partial charge < -0.3 is 20.4 Å². The second-order valence-electron chi connectivity index (χ2n) is 5.67. The number of hydrogen-bond donors (Lipinski definition) is 3. The summed E-state index contributed by atoms with van der Waals surface area (Å²) >= 11 is 0. The van der Waals surface area contributed by atoms with Gasteiger partial charge in [0.25, 0.3) is 11.8 Å². The van der Waals surface area contributed by atoms with E-state index in [0.29, 0.717) is 18.0 Å². The van der Waals surface area contributed by atoms with E-state index in [2.05, 4.69) is 22.5 Å². The lowest BCUT2D eigenvalue weighted by atomic mass is 10.1. The van der Waals surface area contributed by atoms with Gasteiger partial charge in [0.15, 0.2) is 5.75 Å². The number of hydrogen-bond acceptors (Lipinski definition) is 3. The molecule has 2 amide bonds. The van der Waals surface area contributed by atoms with Crippen molar-refractivity contribution in [2.75, 3.05) is 13.6 Å². The SMILES string of the molecule is CCCC(Oc1cc(C(=O)NCC)[nH]c1C(=O)NC)c1ccccc1. The van der Waals surface area contributed by atoms with Crippen molar-refractivity contribution in [3.8, 4) is 5.75 Å². The maximum absolute atomic E-state index is 12.1. The molecule has 134 valence electrons. The van der Waals surface area contributed by atoms with Crippen LogP contribution in [0.4, 0.5) is 0 Å². The van der Waals surface area contributed by atoms with Gasteiger partial charge in [0.05, 0.1) is 0 Å². The van der Waals surface area contributed by atoms with Gasteiger partial charge in [-0.1, -0.05) is 43.7 Å². The number of amides is 2. The van der Waals surface area contributed by atoms with E-state index in [9.17, 15) is 9.59 Å². The number of nitrogens with one attached hydrogen (secondary N) is 3. The van der Waals surface area contributed by atoms with Gasteiger partial charge in [0, 0.05) is 19.7 Å². The molecule has 2 rings (SSSR count). The van der Waals surface area contributed by atoms with Crippen LogP contribution >= 0.6 is 0 Å². The first-order chi connectivity index (χ1) is 12.1. The molecule has 0 spiro atoms. The number of carbonyl (C=O) groups excluding carboxylic acids is 2. The third kappa shape index (κ3) is 4.62. The average Bonchev–Trinajstić information content (AvgIpc) is 3.05. The quantitative estimate of drug-likeness (QED) is 0.689. The molecule has 6 nitrogen and oxygen atoms in total. The molecule has 6 heteroatoms. The summed E-state index contributed by atoms with van der Waals surface area (Å²) in [5.41, 5.74) is 1.59. The lowest BCUT2D eigenvalue weighted by Crippen LogP contribution is -2.23. The van der Waals surface area contributed by atoms with Crippen molar-refractivity contribution >= 4 is 11.8 Å². The molecule has 0 aliphatic carbocycles. The summed E-state index contributed by atoms with van der Waals surface area (Å²) in [5, 5.41) is 5.28. The highest BCUT2D eigenvalue weighted by Gasteiger charge is 2.22. The summed E-state index contributed by atoms with van der Waals surface area (Å²) in [6, 6.07) is 11.4. The second-order valence-corrected chi connectivity index (χ2v) is 5.67. The maximum atomic E-state index is 12.1. The number of aromatic nitrogens is 1. The molecule has 1 unspecified atom stereocenters. The summed E-state index contributed by atoms with van der Waals surface area (Å²) in [4.78, 5) is 27.1. The molecule has 0 aliphatic heterocycles. The molecule has 1 aromatic heterocycles. The number of ether oxygens (including phenoxy) is 1.